The number of hydrogen-bond acceptors (Lipinski definition) is 3. The molecule has 1 rings (SSSR count). The Balaban J connectivity index is 2.58. The van der Waals surface area contributed by atoms with E-state index in [2.05, 4.69) is 22.7 Å². The number of phenolic OH excluding ortho intramolecular Hbond substituents is 1. The van der Waals surface area contributed by atoms with E-state index in [0.29, 0.717) is 6.42 Å². The maximum atomic E-state index is 9.09. The van der Waals surface area contributed by atoms with Crippen LogP contribution in [0.2, 0.25) is 0 Å². The highest BCUT2D eigenvalue weighted by molar-refractivity contribution is 7.80. The molecular formula is C10H13N3OS. The Kier molecular flexibility index (Phi) is 4.05. The molecule has 0 aliphatic rings. The Morgan fingerprint density at radius 3 is 2.60 bits per heavy atom. The van der Waals surface area contributed by atoms with E-state index in [-0.39, 0.29) is 10.9 Å². The predicted molar refractivity (Wildman–Crippen MR) is 64.8 cm³/mol. The second-order valence-electron chi connectivity index (χ2n) is 3.17. The third-order valence-corrected chi connectivity index (χ3v) is 1.84. The number of phenols is 1. The summed E-state index contributed by atoms with van der Waals surface area (Å²) in [5.74, 6) is 0.259. The van der Waals surface area contributed by atoms with Crippen molar-refractivity contribution in [3.8, 4) is 5.75 Å². The van der Waals surface area contributed by atoms with Gasteiger partial charge in [-0.25, -0.2) is 0 Å². The van der Waals surface area contributed by atoms with Crippen LogP contribution in [-0.2, 0) is 6.42 Å². The molecule has 4 nitrogen and oxygen atoms in total. The summed E-state index contributed by atoms with van der Waals surface area (Å²) in [5, 5.41) is 13.2. The van der Waals surface area contributed by atoms with Crippen molar-refractivity contribution in [3.63, 3.8) is 0 Å². The SMILES string of the molecule is C/C(Cc1ccc(O)cc1)=N/NC(N)=S. The van der Waals surface area contributed by atoms with Gasteiger partial charge >= 0.3 is 0 Å². The average Bonchev–Trinajstić information content (AvgIpc) is 2.19. The van der Waals surface area contributed by atoms with Crippen LogP contribution in [0.1, 0.15) is 12.5 Å². The van der Waals surface area contributed by atoms with Crippen LogP contribution in [0.4, 0.5) is 0 Å². The summed E-state index contributed by atoms with van der Waals surface area (Å²) in [4.78, 5) is 0. The second-order valence-corrected chi connectivity index (χ2v) is 3.61. The van der Waals surface area contributed by atoms with E-state index in [1.165, 1.54) is 0 Å². The molecule has 4 N–H and O–H groups in total. The van der Waals surface area contributed by atoms with Gasteiger partial charge in [-0.2, -0.15) is 5.10 Å². The molecule has 1 aromatic carbocycles. The molecule has 1 aromatic rings. The lowest BCUT2D eigenvalue weighted by Crippen LogP contribution is -2.25. The number of nitrogens with zero attached hydrogens (tertiary/aromatic N) is 1. The van der Waals surface area contributed by atoms with E-state index >= 15 is 0 Å². The highest BCUT2D eigenvalue weighted by atomic mass is 32.1. The van der Waals surface area contributed by atoms with Gasteiger partial charge in [0.25, 0.3) is 0 Å². The van der Waals surface area contributed by atoms with E-state index in [1.54, 1.807) is 12.1 Å². The Hall–Kier alpha value is -1.62. The largest absolute Gasteiger partial charge is 0.508 e. The van der Waals surface area contributed by atoms with E-state index in [1.807, 2.05) is 19.1 Å². The molecule has 0 aliphatic carbocycles. The summed E-state index contributed by atoms with van der Waals surface area (Å²) in [5.41, 5.74) is 9.70. The molecule has 0 heterocycles. The molecule has 5 heteroatoms. The van der Waals surface area contributed by atoms with Crippen LogP contribution in [0.25, 0.3) is 0 Å². The fourth-order valence-electron chi connectivity index (χ4n) is 1.10. The van der Waals surface area contributed by atoms with Crippen LogP contribution < -0.4 is 11.2 Å². The molecular weight excluding hydrogens is 210 g/mol. The highest BCUT2D eigenvalue weighted by Gasteiger charge is 1.96. The zero-order valence-electron chi connectivity index (χ0n) is 8.40. The first kappa shape index (κ1) is 11.5. The number of hydrazone groups is 1. The summed E-state index contributed by atoms with van der Waals surface area (Å²) in [6, 6.07) is 6.97. The van der Waals surface area contributed by atoms with Crippen LogP contribution in [0.3, 0.4) is 0 Å². The second kappa shape index (κ2) is 5.31. The van der Waals surface area contributed by atoms with Gasteiger partial charge in [-0.1, -0.05) is 12.1 Å². The number of thiocarbonyl (C=S) groups is 1. The molecule has 0 fully saturated rings. The van der Waals surface area contributed by atoms with Crippen molar-refractivity contribution in [1.82, 2.24) is 5.43 Å². The fourth-order valence-corrected chi connectivity index (χ4v) is 1.14. The van der Waals surface area contributed by atoms with Crippen LogP contribution in [0, 0.1) is 0 Å². The first-order valence-corrected chi connectivity index (χ1v) is 4.85. The smallest absolute Gasteiger partial charge is 0.184 e. The summed E-state index contributed by atoms with van der Waals surface area (Å²) in [6.07, 6.45) is 0.690. The number of aromatic hydroxyl groups is 1. The summed E-state index contributed by atoms with van der Waals surface area (Å²) in [6.45, 7) is 1.87. The lowest BCUT2D eigenvalue weighted by molar-refractivity contribution is 0.475. The standard InChI is InChI=1S/C10H13N3OS/c1-7(12-13-10(11)15)6-8-2-4-9(14)5-3-8/h2-5,14H,6H2,1H3,(H3,11,13,15)/b12-7-. The zero-order valence-corrected chi connectivity index (χ0v) is 9.21. The van der Waals surface area contributed by atoms with Crippen molar-refractivity contribution >= 4 is 23.0 Å². The lowest BCUT2D eigenvalue weighted by Gasteiger charge is -2.02. The monoisotopic (exact) mass is 223 g/mol. The van der Waals surface area contributed by atoms with E-state index in [4.69, 9.17) is 10.8 Å². The Labute approximate surface area is 93.8 Å². The van der Waals surface area contributed by atoms with Gasteiger partial charge in [0.2, 0.25) is 0 Å². The molecule has 0 amide bonds. The van der Waals surface area contributed by atoms with Gasteiger partial charge in [0.15, 0.2) is 5.11 Å². The maximum Gasteiger partial charge on any atom is 0.184 e. The van der Waals surface area contributed by atoms with Gasteiger partial charge < -0.3 is 10.8 Å². The van der Waals surface area contributed by atoms with Crippen LogP contribution in [-0.4, -0.2) is 15.9 Å². The number of hydrogen-bond donors (Lipinski definition) is 3. The van der Waals surface area contributed by atoms with Gasteiger partial charge in [-0.15, -0.1) is 0 Å². The number of nitrogens with one attached hydrogen (secondary N) is 1. The molecule has 0 aliphatic heterocycles. The number of rotatable bonds is 3. The molecule has 15 heavy (non-hydrogen) atoms. The van der Waals surface area contributed by atoms with Gasteiger partial charge in [-0.05, 0) is 36.8 Å². The molecule has 0 spiro atoms. The summed E-state index contributed by atoms with van der Waals surface area (Å²) >= 11 is 4.62. The van der Waals surface area contributed by atoms with Gasteiger partial charge in [0, 0.05) is 12.1 Å². The van der Waals surface area contributed by atoms with Crippen LogP contribution in [0.5, 0.6) is 5.75 Å². The Bertz CT molecular complexity index is 373. The third-order valence-electron chi connectivity index (χ3n) is 1.75. The van der Waals surface area contributed by atoms with E-state index < -0.39 is 0 Å². The molecule has 0 atom stereocenters. The predicted octanol–water partition coefficient (Wildman–Crippen LogP) is 1.14. The fraction of sp³-hybridized carbons (Fsp3) is 0.200. The van der Waals surface area contributed by atoms with E-state index in [9.17, 15) is 0 Å². The first-order valence-electron chi connectivity index (χ1n) is 4.44. The minimum atomic E-state index is 0.153. The summed E-state index contributed by atoms with van der Waals surface area (Å²) in [7, 11) is 0. The van der Waals surface area contributed by atoms with Gasteiger partial charge in [-0.3, -0.25) is 5.43 Å². The quantitative estimate of drug-likeness (QED) is 0.408. The van der Waals surface area contributed by atoms with E-state index in [0.717, 1.165) is 11.3 Å². The van der Waals surface area contributed by atoms with Crippen molar-refractivity contribution in [2.24, 2.45) is 10.8 Å². The molecule has 0 saturated heterocycles. The first-order chi connectivity index (χ1) is 7.08. The minimum Gasteiger partial charge on any atom is -0.508 e. The normalized spacial score (nSPS) is 11.1. The van der Waals surface area contributed by atoms with Crippen molar-refractivity contribution in [3.05, 3.63) is 29.8 Å². The minimum absolute atomic E-state index is 0.153. The topological polar surface area (TPSA) is 70.6 Å². The van der Waals surface area contributed by atoms with Crippen molar-refractivity contribution in [2.45, 2.75) is 13.3 Å². The van der Waals surface area contributed by atoms with Gasteiger partial charge in [0.1, 0.15) is 5.75 Å². The molecule has 0 radical (unpaired) electrons. The average molecular weight is 223 g/mol. The molecule has 0 aromatic heterocycles. The Morgan fingerprint density at radius 2 is 2.07 bits per heavy atom. The Morgan fingerprint density at radius 1 is 1.47 bits per heavy atom. The number of nitrogens with two attached hydrogens (primary N) is 1. The van der Waals surface area contributed by atoms with Crippen molar-refractivity contribution < 1.29 is 5.11 Å². The molecule has 0 bridgehead atoms. The maximum absolute atomic E-state index is 9.09. The molecule has 80 valence electrons. The van der Waals surface area contributed by atoms with Crippen molar-refractivity contribution in [1.29, 1.82) is 0 Å². The zero-order chi connectivity index (χ0) is 11.3. The third kappa shape index (κ3) is 4.42. The lowest BCUT2D eigenvalue weighted by atomic mass is 10.1. The molecule has 0 saturated carbocycles. The van der Waals surface area contributed by atoms with Crippen LogP contribution >= 0.6 is 12.2 Å². The molecule has 0 unspecified atom stereocenters. The number of benzene rings is 1. The van der Waals surface area contributed by atoms with Crippen LogP contribution in [0.15, 0.2) is 29.4 Å². The van der Waals surface area contributed by atoms with Crippen molar-refractivity contribution in [2.75, 3.05) is 0 Å². The highest BCUT2D eigenvalue weighted by Crippen LogP contribution is 2.10. The van der Waals surface area contributed by atoms with Gasteiger partial charge in [0.05, 0.1) is 0 Å². The summed E-state index contributed by atoms with van der Waals surface area (Å²) < 4.78 is 0.